The van der Waals surface area contributed by atoms with E-state index in [2.05, 4.69) is 0 Å². The molecule has 0 aromatic carbocycles. The van der Waals surface area contributed by atoms with Crippen molar-refractivity contribution in [1.82, 2.24) is 4.98 Å². The van der Waals surface area contributed by atoms with Gasteiger partial charge in [-0.1, -0.05) is 0 Å². The Kier molecular flexibility index (Phi) is 2.37. The summed E-state index contributed by atoms with van der Waals surface area (Å²) in [6.45, 7) is 0. The first kappa shape index (κ1) is 9.32. The molecule has 0 amide bonds. The van der Waals surface area contributed by atoms with E-state index in [1.807, 2.05) is 0 Å². The number of aromatic amines is 1. The van der Waals surface area contributed by atoms with Crippen LogP contribution >= 0.6 is 0 Å². The highest BCUT2D eigenvalue weighted by atomic mass is 19.3. The lowest BCUT2D eigenvalue weighted by molar-refractivity contribution is 0.145. The number of alkyl halides is 2. The van der Waals surface area contributed by atoms with Crippen molar-refractivity contribution in [3.8, 4) is 6.07 Å². The van der Waals surface area contributed by atoms with Gasteiger partial charge < -0.3 is 4.98 Å². The SMILES string of the molecule is N#Cc1c(F)cc(C(F)F)[nH]c1=O. The fourth-order valence-corrected chi connectivity index (χ4v) is 0.769. The Morgan fingerprint density at radius 1 is 1.54 bits per heavy atom. The summed E-state index contributed by atoms with van der Waals surface area (Å²) in [5.74, 6) is -1.23. The fourth-order valence-electron chi connectivity index (χ4n) is 0.769. The summed E-state index contributed by atoms with van der Waals surface area (Å²) < 4.78 is 36.6. The zero-order chi connectivity index (χ0) is 10.0. The van der Waals surface area contributed by atoms with E-state index >= 15 is 0 Å². The van der Waals surface area contributed by atoms with Crippen LogP contribution in [0.2, 0.25) is 0 Å². The summed E-state index contributed by atoms with van der Waals surface area (Å²) in [6, 6.07) is 1.70. The molecule has 0 aliphatic rings. The van der Waals surface area contributed by atoms with Crippen LogP contribution in [0, 0.1) is 17.1 Å². The van der Waals surface area contributed by atoms with E-state index in [0.29, 0.717) is 6.07 Å². The Labute approximate surface area is 70.4 Å². The third-order valence-electron chi connectivity index (χ3n) is 1.35. The van der Waals surface area contributed by atoms with Crippen molar-refractivity contribution in [1.29, 1.82) is 5.26 Å². The number of pyridine rings is 1. The van der Waals surface area contributed by atoms with Gasteiger partial charge in [-0.2, -0.15) is 5.26 Å². The largest absolute Gasteiger partial charge is 0.320 e. The molecule has 0 aliphatic heterocycles. The van der Waals surface area contributed by atoms with Crippen LogP contribution in [0.3, 0.4) is 0 Å². The van der Waals surface area contributed by atoms with Gasteiger partial charge in [-0.15, -0.1) is 0 Å². The van der Waals surface area contributed by atoms with Crippen LogP contribution in [-0.2, 0) is 0 Å². The van der Waals surface area contributed by atoms with Crippen LogP contribution in [0.25, 0.3) is 0 Å². The predicted molar refractivity (Wildman–Crippen MR) is 36.7 cm³/mol. The van der Waals surface area contributed by atoms with Gasteiger partial charge in [0.2, 0.25) is 0 Å². The van der Waals surface area contributed by atoms with Crippen molar-refractivity contribution in [2.24, 2.45) is 0 Å². The minimum absolute atomic E-state index is 0.435. The van der Waals surface area contributed by atoms with E-state index in [-0.39, 0.29) is 0 Å². The molecule has 0 atom stereocenters. The number of hydrogen-bond acceptors (Lipinski definition) is 2. The molecule has 0 saturated carbocycles. The molecular weight excluding hydrogens is 185 g/mol. The van der Waals surface area contributed by atoms with Gasteiger partial charge in [0, 0.05) is 6.07 Å². The van der Waals surface area contributed by atoms with Crippen molar-refractivity contribution in [3.05, 3.63) is 33.5 Å². The summed E-state index contributed by atoms with van der Waals surface area (Å²) in [5.41, 5.74) is -2.76. The highest BCUT2D eigenvalue weighted by Crippen LogP contribution is 2.15. The summed E-state index contributed by atoms with van der Waals surface area (Å²) in [6.07, 6.45) is -2.96. The molecular formula is C7H3F3N2O. The maximum absolute atomic E-state index is 12.7. The van der Waals surface area contributed by atoms with Gasteiger partial charge in [0.1, 0.15) is 11.9 Å². The summed E-state index contributed by atoms with van der Waals surface area (Å²) >= 11 is 0. The number of halogens is 3. The number of aromatic nitrogens is 1. The van der Waals surface area contributed by atoms with E-state index in [1.54, 1.807) is 4.98 Å². The molecule has 3 nitrogen and oxygen atoms in total. The Hall–Kier alpha value is -1.77. The Morgan fingerprint density at radius 3 is 2.54 bits per heavy atom. The smallest absolute Gasteiger partial charge is 0.278 e. The molecule has 0 aliphatic carbocycles. The van der Waals surface area contributed by atoms with Gasteiger partial charge >= 0.3 is 0 Å². The maximum atomic E-state index is 12.7. The molecule has 0 unspecified atom stereocenters. The van der Waals surface area contributed by atoms with Crippen LogP contribution in [0.5, 0.6) is 0 Å². The zero-order valence-electron chi connectivity index (χ0n) is 6.14. The molecule has 1 aromatic heterocycles. The summed E-state index contributed by atoms with van der Waals surface area (Å²) in [7, 11) is 0. The topological polar surface area (TPSA) is 56.6 Å². The zero-order valence-corrected chi connectivity index (χ0v) is 6.14. The molecule has 0 radical (unpaired) electrons. The molecule has 1 rings (SSSR count). The van der Waals surface area contributed by atoms with Gasteiger partial charge in [-0.05, 0) is 0 Å². The van der Waals surface area contributed by atoms with Gasteiger partial charge in [0.25, 0.3) is 12.0 Å². The third kappa shape index (κ3) is 1.69. The lowest BCUT2D eigenvalue weighted by atomic mass is 10.2. The maximum Gasteiger partial charge on any atom is 0.278 e. The normalized spacial score (nSPS) is 10.1. The number of hydrogen-bond donors (Lipinski definition) is 1. The highest BCUT2D eigenvalue weighted by Gasteiger charge is 2.14. The van der Waals surface area contributed by atoms with Crippen LogP contribution in [-0.4, -0.2) is 4.98 Å². The molecule has 0 spiro atoms. The molecule has 1 heterocycles. The van der Waals surface area contributed by atoms with Crippen LogP contribution in [0.1, 0.15) is 17.7 Å². The molecule has 0 fully saturated rings. The monoisotopic (exact) mass is 188 g/mol. The van der Waals surface area contributed by atoms with Gasteiger partial charge in [-0.25, -0.2) is 13.2 Å². The second-order valence-corrected chi connectivity index (χ2v) is 2.19. The highest BCUT2D eigenvalue weighted by molar-refractivity contribution is 5.28. The molecule has 0 bridgehead atoms. The second kappa shape index (κ2) is 3.31. The quantitative estimate of drug-likeness (QED) is 0.722. The lowest BCUT2D eigenvalue weighted by Crippen LogP contribution is -2.15. The second-order valence-electron chi connectivity index (χ2n) is 2.19. The molecule has 1 aromatic rings. The average molecular weight is 188 g/mol. The lowest BCUT2D eigenvalue weighted by Gasteiger charge is -1.99. The first-order valence-corrected chi connectivity index (χ1v) is 3.17. The predicted octanol–water partition coefficient (Wildman–Crippen LogP) is 1.32. The Bertz CT molecular complexity index is 419. The standard InChI is InChI=1S/C7H3F3N2O/c8-4-1-5(6(9)10)12-7(13)3(4)2-11/h1,6H,(H,12,13). The number of nitrogens with one attached hydrogen (secondary N) is 1. The molecule has 13 heavy (non-hydrogen) atoms. The van der Waals surface area contributed by atoms with E-state index in [0.717, 1.165) is 0 Å². The van der Waals surface area contributed by atoms with Crippen molar-refractivity contribution in [2.75, 3.05) is 0 Å². The first-order valence-electron chi connectivity index (χ1n) is 3.17. The fraction of sp³-hybridized carbons (Fsp3) is 0.143. The Balaban J connectivity index is 3.40. The minimum atomic E-state index is -2.96. The molecule has 68 valence electrons. The van der Waals surface area contributed by atoms with E-state index in [4.69, 9.17) is 5.26 Å². The minimum Gasteiger partial charge on any atom is -0.320 e. The molecule has 0 saturated heterocycles. The average Bonchev–Trinajstić information content (AvgIpc) is 2.03. The van der Waals surface area contributed by atoms with Crippen molar-refractivity contribution >= 4 is 0 Å². The molecule has 1 N–H and O–H groups in total. The number of H-pyrrole nitrogens is 1. The van der Waals surface area contributed by atoms with Crippen LogP contribution in [0.15, 0.2) is 10.9 Å². The summed E-state index contributed by atoms with van der Waals surface area (Å²) in [5, 5.41) is 8.23. The number of nitriles is 1. The van der Waals surface area contributed by atoms with Gasteiger partial charge in [-0.3, -0.25) is 4.79 Å². The first-order chi connectivity index (χ1) is 6.06. The third-order valence-corrected chi connectivity index (χ3v) is 1.35. The van der Waals surface area contributed by atoms with Crippen molar-refractivity contribution in [2.45, 2.75) is 6.43 Å². The van der Waals surface area contributed by atoms with Crippen molar-refractivity contribution in [3.63, 3.8) is 0 Å². The van der Waals surface area contributed by atoms with Crippen molar-refractivity contribution < 1.29 is 13.2 Å². The van der Waals surface area contributed by atoms with Gasteiger partial charge in [0.05, 0.1) is 5.69 Å². The van der Waals surface area contributed by atoms with E-state index in [1.165, 1.54) is 6.07 Å². The van der Waals surface area contributed by atoms with Crippen LogP contribution in [0.4, 0.5) is 13.2 Å². The number of nitrogens with zero attached hydrogens (tertiary/aromatic N) is 1. The molecule has 6 heteroatoms. The van der Waals surface area contributed by atoms with Crippen LogP contribution < -0.4 is 5.56 Å². The van der Waals surface area contributed by atoms with E-state index < -0.39 is 29.1 Å². The van der Waals surface area contributed by atoms with E-state index in [9.17, 15) is 18.0 Å². The summed E-state index contributed by atoms with van der Waals surface area (Å²) in [4.78, 5) is 12.4. The van der Waals surface area contributed by atoms with Gasteiger partial charge in [0.15, 0.2) is 5.56 Å². The number of rotatable bonds is 1. The Morgan fingerprint density at radius 2 is 2.15 bits per heavy atom.